The fraction of sp³-hybridized carbons (Fsp3) is 0.857. The SMILES string of the molecule is COC(=O)CCN(CCN1CCOCC1)C(=O)C1CC1. The van der Waals surface area contributed by atoms with Gasteiger partial charge in [-0.25, -0.2) is 0 Å². The van der Waals surface area contributed by atoms with Crippen LogP contribution in [0.3, 0.4) is 0 Å². The Morgan fingerprint density at radius 2 is 1.95 bits per heavy atom. The maximum absolute atomic E-state index is 12.2. The molecule has 0 spiro atoms. The number of methoxy groups -OCH3 is 1. The average molecular weight is 284 g/mol. The minimum Gasteiger partial charge on any atom is -0.469 e. The Balaban J connectivity index is 1.78. The summed E-state index contributed by atoms with van der Waals surface area (Å²) in [6.45, 7) is 5.37. The highest BCUT2D eigenvalue weighted by atomic mass is 16.5. The van der Waals surface area contributed by atoms with Crippen molar-refractivity contribution in [1.29, 1.82) is 0 Å². The summed E-state index contributed by atoms with van der Waals surface area (Å²) < 4.78 is 9.96. The van der Waals surface area contributed by atoms with E-state index >= 15 is 0 Å². The highest BCUT2D eigenvalue weighted by Crippen LogP contribution is 2.31. The molecule has 6 nitrogen and oxygen atoms in total. The summed E-state index contributed by atoms with van der Waals surface area (Å²) in [5.74, 6) is 0.129. The molecule has 0 radical (unpaired) electrons. The zero-order valence-corrected chi connectivity index (χ0v) is 12.2. The molecule has 20 heavy (non-hydrogen) atoms. The molecule has 0 N–H and O–H groups in total. The second kappa shape index (κ2) is 7.59. The van der Waals surface area contributed by atoms with Crippen LogP contribution in [0.4, 0.5) is 0 Å². The van der Waals surface area contributed by atoms with Crippen LogP contribution in [0, 0.1) is 5.92 Å². The van der Waals surface area contributed by atoms with E-state index in [-0.39, 0.29) is 24.2 Å². The van der Waals surface area contributed by atoms with Gasteiger partial charge in [-0.05, 0) is 12.8 Å². The van der Waals surface area contributed by atoms with Gasteiger partial charge >= 0.3 is 5.97 Å². The van der Waals surface area contributed by atoms with Crippen LogP contribution in [0.5, 0.6) is 0 Å². The molecule has 1 saturated carbocycles. The van der Waals surface area contributed by atoms with Crippen LogP contribution in [-0.4, -0.2) is 74.7 Å². The Morgan fingerprint density at radius 3 is 2.55 bits per heavy atom. The highest BCUT2D eigenvalue weighted by molar-refractivity contribution is 5.81. The molecule has 0 aromatic carbocycles. The van der Waals surface area contributed by atoms with Crippen LogP contribution in [-0.2, 0) is 19.1 Å². The van der Waals surface area contributed by atoms with E-state index in [1.165, 1.54) is 7.11 Å². The van der Waals surface area contributed by atoms with Gasteiger partial charge in [0, 0.05) is 38.6 Å². The molecular weight excluding hydrogens is 260 g/mol. The van der Waals surface area contributed by atoms with Gasteiger partial charge in [0.05, 0.1) is 26.7 Å². The third-order valence-corrected chi connectivity index (χ3v) is 3.84. The number of hydrogen-bond donors (Lipinski definition) is 0. The summed E-state index contributed by atoms with van der Waals surface area (Å²) in [7, 11) is 1.38. The lowest BCUT2D eigenvalue weighted by Crippen LogP contribution is -2.44. The van der Waals surface area contributed by atoms with Crippen molar-refractivity contribution in [2.24, 2.45) is 5.92 Å². The second-order valence-corrected chi connectivity index (χ2v) is 5.38. The van der Waals surface area contributed by atoms with E-state index in [1.807, 2.05) is 4.90 Å². The van der Waals surface area contributed by atoms with Crippen molar-refractivity contribution in [2.45, 2.75) is 19.3 Å². The lowest BCUT2D eigenvalue weighted by molar-refractivity contribution is -0.142. The van der Waals surface area contributed by atoms with Gasteiger partial charge in [-0.15, -0.1) is 0 Å². The summed E-state index contributed by atoms with van der Waals surface area (Å²) in [6, 6.07) is 0. The second-order valence-electron chi connectivity index (χ2n) is 5.38. The molecule has 0 atom stereocenters. The molecule has 1 aliphatic carbocycles. The van der Waals surface area contributed by atoms with E-state index in [1.54, 1.807) is 0 Å². The average Bonchev–Trinajstić information content (AvgIpc) is 3.32. The maximum atomic E-state index is 12.2. The first kappa shape index (κ1) is 15.3. The number of hydrogen-bond acceptors (Lipinski definition) is 5. The molecule has 0 aromatic rings. The van der Waals surface area contributed by atoms with Crippen molar-refractivity contribution < 1.29 is 19.1 Å². The first-order valence-electron chi connectivity index (χ1n) is 7.36. The van der Waals surface area contributed by atoms with Crippen molar-refractivity contribution >= 4 is 11.9 Å². The molecule has 1 saturated heterocycles. The topological polar surface area (TPSA) is 59.1 Å². The zero-order valence-electron chi connectivity index (χ0n) is 12.2. The number of ether oxygens (including phenoxy) is 2. The van der Waals surface area contributed by atoms with Crippen molar-refractivity contribution in [3.63, 3.8) is 0 Å². The number of rotatable bonds is 7. The van der Waals surface area contributed by atoms with Gasteiger partial charge in [0.15, 0.2) is 0 Å². The summed E-state index contributed by atoms with van der Waals surface area (Å²) in [4.78, 5) is 27.6. The number of amides is 1. The van der Waals surface area contributed by atoms with Gasteiger partial charge in [0.2, 0.25) is 5.91 Å². The van der Waals surface area contributed by atoms with Crippen LogP contribution in [0.25, 0.3) is 0 Å². The quantitative estimate of drug-likeness (QED) is 0.622. The van der Waals surface area contributed by atoms with Crippen LogP contribution in [0.2, 0.25) is 0 Å². The molecule has 2 aliphatic rings. The molecule has 0 bridgehead atoms. The van der Waals surface area contributed by atoms with E-state index in [9.17, 15) is 9.59 Å². The predicted octanol–water partition coefficient (Wildman–Crippen LogP) is 0.120. The van der Waals surface area contributed by atoms with Gasteiger partial charge in [0.1, 0.15) is 0 Å². The van der Waals surface area contributed by atoms with Crippen molar-refractivity contribution in [1.82, 2.24) is 9.80 Å². The Kier molecular flexibility index (Phi) is 5.79. The van der Waals surface area contributed by atoms with Crippen molar-refractivity contribution in [3.8, 4) is 0 Å². The zero-order chi connectivity index (χ0) is 14.4. The molecule has 1 aliphatic heterocycles. The number of morpholine rings is 1. The Morgan fingerprint density at radius 1 is 1.25 bits per heavy atom. The minimum absolute atomic E-state index is 0.192. The van der Waals surface area contributed by atoms with E-state index < -0.39 is 0 Å². The fourth-order valence-electron chi connectivity index (χ4n) is 2.34. The Labute approximate surface area is 120 Å². The standard InChI is InChI=1S/C14H24N2O4/c1-19-13(17)4-5-16(14(18)12-2-3-12)7-6-15-8-10-20-11-9-15/h12H,2-11H2,1H3. The first-order valence-corrected chi connectivity index (χ1v) is 7.36. The number of carbonyl (C=O) groups excluding carboxylic acids is 2. The molecule has 2 fully saturated rings. The molecule has 2 rings (SSSR count). The Bertz CT molecular complexity index is 338. The molecule has 1 amide bonds. The van der Waals surface area contributed by atoms with Gasteiger partial charge < -0.3 is 14.4 Å². The lowest BCUT2D eigenvalue weighted by Gasteiger charge is -2.30. The van der Waals surface area contributed by atoms with Gasteiger partial charge in [0.25, 0.3) is 0 Å². The summed E-state index contributed by atoms with van der Waals surface area (Å²) in [5, 5.41) is 0. The summed E-state index contributed by atoms with van der Waals surface area (Å²) in [5.41, 5.74) is 0. The lowest BCUT2D eigenvalue weighted by atomic mass is 10.3. The molecule has 114 valence electrons. The maximum Gasteiger partial charge on any atom is 0.307 e. The smallest absolute Gasteiger partial charge is 0.307 e. The molecular formula is C14H24N2O4. The van der Waals surface area contributed by atoms with Crippen LogP contribution in [0.15, 0.2) is 0 Å². The largest absolute Gasteiger partial charge is 0.469 e. The third-order valence-electron chi connectivity index (χ3n) is 3.84. The molecule has 1 heterocycles. The normalized spacial score (nSPS) is 19.6. The van der Waals surface area contributed by atoms with Crippen LogP contribution in [0.1, 0.15) is 19.3 Å². The van der Waals surface area contributed by atoms with Gasteiger partial charge in [-0.2, -0.15) is 0 Å². The third kappa shape index (κ3) is 4.76. The van der Waals surface area contributed by atoms with E-state index in [2.05, 4.69) is 9.64 Å². The Hall–Kier alpha value is -1.14. The summed E-state index contributed by atoms with van der Waals surface area (Å²) >= 11 is 0. The van der Waals surface area contributed by atoms with E-state index in [0.717, 1.165) is 45.7 Å². The monoisotopic (exact) mass is 284 g/mol. The van der Waals surface area contributed by atoms with Gasteiger partial charge in [-0.1, -0.05) is 0 Å². The molecule has 6 heteroatoms. The molecule has 0 unspecified atom stereocenters. The number of esters is 1. The summed E-state index contributed by atoms with van der Waals surface area (Å²) in [6.07, 6.45) is 2.26. The van der Waals surface area contributed by atoms with Gasteiger partial charge in [-0.3, -0.25) is 14.5 Å². The highest BCUT2D eigenvalue weighted by Gasteiger charge is 2.33. The first-order chi connectivity index (χ1) is 9.70. The predicted molar refractivity (Wildman–Crippen MR) is 73.2 cm³/mol. The number of carbonyl (C=O) groups is 2. The minimum atomic E-state index is -0.259. The van der Waals surface area contributed by atoms with Crippen molar-refractivity contribution in [2.75, 3.05) is 53.0 Å². The van der Waals surface area contributed by atoms with E-state index in [0.29, 0.717) is 13.1 Å². The molecule has 0 aromatic heterocycles. The number of nitrogens with zero attached hydrogens (tertiary/aromatic N) is 2. The van der Waals surface area contributed by atoms with Crippen molar-refractivity contribution in [3.05, 3.63) is 0 Å². The van der Waals surface area contributed by atoms with Crippen LogP contribution >= 0.6 is 0 Å². The fourth-order valence-corrected chi connectivity index (χ4v) is 2.34. The van der Waals surface area contributed by atoms with E-state index in [4.69, 9.17) is 4.74 Å². The van der Waals surface area contributed by atoms with Crippen LogP contribution < -0.4 is 0 Å².